The highest BCUT2D eigenvalue weighted by atomic mass is 16.1. The van der Waals surface area contributed by atoms with Gasteiger partial charge in [0, 0.05) is 9.11 Å². The largest absolute Gasteiger partial charge is 0.303 e. The number of unbranched alkanes of at least 4 members (excludes halogenated alkanes) is 13. The number of carbonyl (C=O) groups excluding carboxylic acids is 1. The summed E-state index contributed by atoms with van der Waals surface area (Å²) in [5, 5.41) is 0. The highest BCUT2D eigenvalue weighted by Gasteiger charge is 1.94. The second kappa shape index (κ2) is 17.7. The van der Waals surface area contributed by atoms with Crippen LogP contribution in [-0.2, 0) is 4.79 Å². The molecule has 1 nitrogen and oxygen atoms in total. The summed E-state index contributed by atoms with van der Waals surface area (Å²) >= 11 is 0. The summed E-state index contributed by atoms with van der Waals surface area (Å²) in [4.78, 5) is 10.4. The van der Waals surface area contributed by atoms with E-state index in [-0.39, 0.29) is 0 Å². The third-order valence-electron chi connectivity index (χ3n) is 3.76. The van der Waals surface area contributed by atoms with Crippen molar-refractivity contribution in [2.75, 3.05) is 0 Å². The zero-order chi connectivity index (χ0) is 15.8. The summed E-state index contributed by atoms with van der Waals surface area (Å²) in [7, 11) is 0. The normalized spacial score (nSPS) is 13.1. The van der Waals surface area contributed by atoms with Crippen molar-refractivity contribution < 1.29 is 7.54 Å². The van der Waals surface area contributed by atoms with Gasteiger partial charge in [-0.3, -0.25) is 0 Å². The first-order valence-corrected chi connectivity index (χ1v) is 8.59. The molecule has 0 radical (unpaired) electrons. The maximum Gasteiger partial charge on any atom is 0.119 e. The lowest BCUT2D eigenvalue weighted by atomic mass is 10.0. The standard InChI is InChI=1S/C18H36O/c1-2-3-4-5-6-7-8-9-10-11-12-13-14-15-16-17-18-19/h18H,2-17H2,1H3/i17D2. The molecule has 0 aromatic heterocycles. The van der Waals surface area contributed by atoms with Crippen molar-refractivity contribution in [3.63, 3.8) is 0 Å². The summed E-state index contributed by atoms with van der Waals surface area (Å²) in [6.45, 7) is 2.26. The Morgan fingerprint density at radius 3 is 1.26 bits per heavy atom. The first-order valence-electron chi connectivity index (χ1n) is 9.59. The summed E-state index contributed by atoms with van der Waals surface area (Å²) in [5.74, 6) is 0. The minimum absolute atomic E-state index is 0.383. The van der Waals surface area contributed by atoms with Crippen molar-refractivity contribution in [3.8, 4) is 0 Å². The van der Waals surface area contributed by atoms with Gasteiger partial charge in [0.2, 0.25) is 0 Å². The Kier molecular flexibility index (Phi) is 14.0. The van der Waals surface area contributed by atoms with Gasteiger partial charge in [-0.2, -0.15) is 0 Å². The van der Waals surface area contributed by atoms with Crippen molar-refractivity contribution in [3.05, 3.63) is 0 Å². The zero-order valence-electron chi connectivity index (χ0n) is 15.1. The number of aldehydes is 1. The van der Waals surface area contributed by atoms with Gasteiger partial charge >= 0.3 is 0 Å². The van der Waals surface area contributed by atoms with E-state index in [0.29, 0.717) is 12.7 Å². The fourth-order valence-corrected chi connectivity index (χ4v) is 2.48. The second-order valence-corrected chi connectivity index (χ2v) is 5.67. The Hall–Kier alpha value is -0.330. The molecule has 0 amide bonds. The molecule has 0 saturated carbocycles. The third kappa shape index (κ3) is 17.7. The number of hydrogen-bond acceptors (Lipinski definition) is 1. The molecule has 0 atom stereocenters. The maximum atomic E-state index is 10.4. The van der Waals surface area contributed by atoms with E-state index in [1.807, 2.05) is 0 Å². The van der Waals surface area contributed by atoms with Crippen molar-refractivity contribution in [2.45, 2.75) is 110 Å². The minimum Gasteiger partial charge on any atom is -0.303 e. The van der Waals surface area contributed by atoms with Crippen LogP contribution in [0.2, 0.25) is 0 Å². The quantitative estimate of drug-likeness (QED) is 0.233. The van der Waals surface area contributed by atoms with Gasteiger partial charge in [-0.15, -0.1) is 0 Å². The van der Waals surface area contributed by atoms with Gasteiger partial charge in [0.05, 0.1) is 0 Å². The molecule has 0 bridgehead atoms. The molecule has 0 fully saturated rings. The summed E-state index contributed by atoms with van der Waals surface area (Å²) in [6.07, 6.45) is 17.4. The van der Waals surface area contributed by atoms with Crippen LogP contribution < -0.4 is 0 Å². The van der Waals surface area contributed by atoms with Crippen LogP contribution >= 0.6 is 0 Å². The average Bonchev–Trinajstić information content (AvgIpc) is 2.47. The molecule has 19 heavy (non-hydrogen) atoms. The van der Waals surface area contributed by atoms with Gasteiger partial charge in [-0.05, 0) is 6.42 Å². The fraction of sp³-hybridized carbons (Fsp3) is 0.944. The fourth-order valence-electron chi connectivity index (χ4n) is 2.48. The third-order valence-corrected chi connectivity index (χ3v) is 3.76. The molecule has 114 valence electrons. The van der Waals surface area contributed by atoms with Crippen LogP contribution in [0.25, 0.3) is 0 Å². The van der Waals surface area contributed by atoms with Crippen LogP contribution in [0.5, 0.6) is 0 Å². The van der Waals surface area contributed by atoms with Crippen molar-refractivity contribution in [2.24, 2.45) is 0 Å². The SMILES string of the molecule is [2H]C([2H])(C=O)CCCCCCCCCCCCCCCC. The van der Waals surface area contributed by atoms with E-state index >= 15 is 0 Å². The van der Waals surface area contributed by atoms with Gasteiger partial charge in [-0.25, -0.2) is 0 Å². The molecular weight excluding hydrogens is 232 g/mol. The lowest BCUT2D eigenvalue weighted by Crippen LogP contribution is -1.83. The van der Waals surface area contributed by atoms with Gasteiger partial charge in [-0.1, -0.05) is 96.8 Å². The molecular formula is C18H36O. The highest BCUT2D eigenvalue weighted by Crippen LogP contribution is 2.13. The predicted octanol–water partition coefficient (Wildman–Crippen LogP) is 6.45. The molecule has 0 aliphatic heterocycles. The Morgan fingerprint density at radius 1 is 0.632 bits per heavy atom. The van der Waals surface area contributed by atoms with Crippen LogP contribution in [0.3, 0.4) is 0 Å². The van der Waals surface area contributed by atoms with E-state index in [2.05, 4.69) is 6.92 Å². The molecule has 0 N–H and O–H groups in total. The summed E-state index contributed by atoms with van der Waals surface area (Å²) < 4.78 is 14.7. The van der Waals surface area contributed by atoms with E-state index in [9.17, 15) is 4.79 Å². The number of rotatable bonds is 16. The maximum absolute atomic E-state index is 10.4. The topological polar surface area (TPSA) is 17.1 Å². The Bertz CT molecular complexity index is 229. The molecule has 0 aromatic rings. The lowest BCUT2D eigenvalue weighted by Gasteiger charge is -2.02. The van der Waals surface area contributed by atoms with Crippen LogP contribution in [0, 0.1) is 0 Å². The molecule has 0 unspecified atom stereocenters. The minimum atomic E-state index is -1.60. The van der Waals surface area contributed by atoms with E-state index in [1.165, 1.54) is 77.0 Å². The van der Waals surface area contributed by atoms with Gasteiger partial charge in [0.15, 0.2) is 0 Å². The van der Waals surface area contributed by atoms with Crippen molar-refractivity contribution in [1.82, 2.24) is 0 Å². The number of hydrogen-bond donors (Lipinski definition) is 0. The van der Waals surface area contributed by atoms with Crippen molar-refractivity contribution >= 4 is 6.29 Å². The first-order chi connectivity index (χ1) is 10.1. The van der Waals surface area contributed by atoms with Gasteiger partial charge in [0.1, 0.15) is 6.29 Å². The van der Waals surface area contributed by atoms with Crippen LogP contribution in [0.1, 0.15) is 112 Å². The van der Waals surface area contributed by atoms with Crippen molar-refractivity contribution in [1.29, 1.82) is 0 Å². The van der Waals surface area contributed by atoms with E-state index in [4.69, 9.17) is 2.74 Å². The molecule has 0 aromatic carbocycles. The van der Waals surface area contributed by atoms with E-state index < -0.39 is 6.37 Å². The molecule has 1 heteroatoms. The Morgan fingerprint density at radius 2 is 0.947 bits per heavy atom. The first kappa shape index (κ1) is 15.1. The highest BCUT2D eigenvalue weighted by molar-refractivity contribution is 5.48. The van der Waals surface area contributed by atoms with E-state index in [1.54, 1.807) is 0 Å². The summed E-state index contributed by atoms with van der Waals surface area (Å²) in [5.41, 5.74) is 0. The molecule has 0 heterocycles. The summed E-state index contributed by atoms with van der Waals surface area (Å²) in [6, 6.07) is 0. The molecule has 0 aliphatic carbocycles. The molecule has 0 aliphatic rings. The second-order valence-electron chi connectivity index (χ2n) is 5.67. The van der Waals surface area contributed by atoms with Gasteiger partial charge < -0.3 is 4.79 Å². The smallest absolute Gasteiger partial charge is 0.119 e. The van der Waals surface area contributed by atoms with Crippen LogP contribution in [-0.4, -0.2) is 6.29 Å². The van der Waals surface area contributed by atoms with Crippen LogP contribution in [0.15, 0.2) is 0 Å². The monoisotopic (exact) mass is 270 g/mol. The molecule has 0 rings (SSSR count). The van der Waals surface area contributed by atoms with E-state index in [0.717, 1.165) is 12.8 Å². The predicted molar refractivity (Wildman–Crippen MR) is 85.6 cm³/mol. The zero-order valence-corrected chi connectivity index (χ0v) is 13.1. The van der Waals surface area contributed by atoms with Gasteiger partial charge in [0.25, 0.3) is 0 Å². The Balaban J connectivity index is 3.08. The van der Waals surface area contributed by atoms with Crippen LogP contribution in [0.4, 0.5) is 0 Å². The lowest BCUT2D eigenvalue weighted by molar-refractivity contribution is -0.107. The molecule has 0 saturated heterocycles. The molecule has 0 spiro atoms. The Labute approximate surface area is 124 Å². The number of carbonyl (C=O) groups is 1. The average molecular weight is 270 g/mol.